The standard InChI is InChI=1S/C25H29N3O4S/c1-27-19-11-6-5-10-18(19)22-23(24(30)26-15-17-9-4-7-12-20(17)32-3)28(13-8-14-31-2)21(29)16-33-25(22)27/h4-7,9-12,23H,8,13-16H2,1-3H3,(H,26,30). The van der Waals surface area contributed by atoms with Gasteiger partial charge in [0.05, 0.1) is 17.9 Å². The van der Waals surface area contributed by atoms with E-state index in [0.717, 1.165) is 27.1 Å². The summed E-state index contributed by atoms with van der Waals surface area (Å²) in [7, 11) is 5.24. The van der Waals surface area contributed by atoms with Gasteiger partial charge in [0.15, 0.2) is 0 Å². The lowest BCUT2D eigenvalue weighted by Gasteiger charge is -2.30. The third-order valence-corrected chi connectivity index (χ3v) is 7.13. The second kappa shape index (κ2) is 10.3. The first-order chi connectivity index (χ1) is 16.1. The van der Waals surface area contributed by atoms with Gasteiger partial charge in [-0.3, -0.25) is 9.59 Å². The van der Waals surface area contributed by atoms with Crippen molar-refractivity contribution in [1.29, 1.82) is 0 Å². The van der Waals surface area contributed by atoms with Gasteiger partial charge < -0.3 is 24.3 Å². The molecule has 0 fully saturated rings. The minimum atomic E-state index is -0.722. The van der Waals surface area contributed by atoms with Gasteiger partial charge in [0.25, 0.3) is 0 Å². The van der Waals surface area contributed by atoms with Crippen molar-refractivity contribution < 1.29 is 19.1 Å². The number of aryl methyl sites for hydroxylation is 1. The number of para-hydroxylation sites is 2. The normalized spacial score (nSPS) is 15.9. The van der Waals surface area contributed by atoms with Gasteiger partial charge in [0.1, 0.15) is 11.8 Å². The van der Waals surface area contributed by atoms with Crippen molar-refractivity contribution >= 4 is 34.5 Å². The molecule has 2 aromatic carbocycles. The van der Waals surface area contributed by atoms with E-state index >= 15 is 0 Å². The number of carbonyl (C=O) groups is 2. The van der Waals surface area contributed by atoms with Crippen LogP contribution in [0.4, 0.5) is 0 Å². The van der Waals surface area contributed by atoms with Crippen LogP contribution in [-0.2, 0) is 27.9 Å². The number of carbonyl (C=O) groups excluding carboxylic acids is 2. The molecule has 2 amide bonds. The lowest BCUT2D eigenvalue weighted by Crippen LogP contribution is -2.44. The summed E-state index contributed by atoms with van der Waals surface area (Å²) in [6.45, 7) is 1.28. The Morgan fingerprint density at radius 2 is 1.91 bits per heavy atom. The van der Waals surface area contributed by atoms with Crippen LogP contribution in [0.2, 0.25) is 0 Å². The van der Waals surface area contributed by atoms with Crippen LogP contribution in [0.1, 0.15) is 23.6 Å². The van der Waals surface area contributed by atoms with Crippen molar-refractivity contribution in [2.75, 3.05) is 33.1 Å². The molecule has 1 aliphatic rings. The molecule has 1 aliphatic heterocycles. The van der Waals surface area contributed by atoms with Gasteiger partial charge in [-0.25, -0.2) is 0 Å². The number of nitrogens with zero attached hydrogens (tertiary/aromatic N) is 2. The first-order valence-electron chi connectivity index (χ1n) is 10.9. The van der Waals surface area contributed by atoms with E-state index in [1.165, 1.54) is 11.8 Å². The molecule has 1 atom stereocenters. The molecule has 0 saturated heterocycles. The number of rotatable bonds is 8. The molecule has 0 spiro atoms. The average molecular weight is 468 g/mol. The number of aromatic nitrogens is 1. The Balaban J connectivity index is 1.74. The number of ether oxygens (including phenoxy) is 2. The van der Waals surface area contributed by atoms with Crippen molar-refractivity contribution in [3.63, 3.8) is 0 Å². The monoisotopic (exact) mass is 467 g/mol. The van der Waals surface area contributed by atoms with Gasteiger partial charge in [-0.1, -0.05) is 48.2 Å². The maximum absolute atomic E-state index is 13.7. The number of benzene rings is 2. The molecule has 174 valence electrons. The Hall–Kier alpha value is -2.97. The second-order valence-corrected chi connectivity index (χ2v) is 8.91. The van der Waals surface area contributed by atoms with Crippen LogP contribution >= 0.6 is 11.8 Å². The summed E-state index contributed by atoms with van der Waals surface area (Å²) in [6, 6.07) is 14.9. The van der Waals surface area contributed by atoms with E-state index in [-0.39, 0.29) is 11.8 Å². The van der Waals surface area contributed by atoms with E-state index in [1.807, 2.05) is 55.6 Å². The number of thioether (sulfide) groups is 1. The van der Waals surface area contributed by atoms with Gasteiger partial charge in [0, 0.05) is 55.9 Å². The fraction of sp³-hybridized carbons (Fsp3) is 0.360. The highest BCUT2D eigenvalue weighted by Gasteiger charge is 2.38. The molecule has 4 rings (SSSR count). The first kappa shape index (κ1) is 23.2. The van der Waals surface area contributed by atoms with E-state index in [1.54, 1.807) is 19.1 Å². The third kappa shape index (κ3) is 4.58. The van der Waals surface area contributed by atoms with E-state index in [0.29, 0.717) is 37.6 Å². The predicted molar refractivity (Wildman–Crippen MR) is 129 cm³/mol. The van der Waals surface area contributed by atoms with Gasteiger partial charge in [-0.05, 0) is 18.6 Å². The Bertz CT molecular complexity index is 1160. The summed E-state index contributed by atoms with van der Waals surface area (Å²) in [6.07, 6.45) is 0.656. The van der Waals surface area contributed by atoms with E-state index < -0.39 is 6.04 Å². The molecule has 1 aromatic heterocycles. The second-order valence-electron chi connectivity index (χ2n) is 7.95. The van der Waals surface area contributed by atoms with Gasteiger partial charge in [0.2, 0.25) is 11.8 Å². The molecule has 0 saturated carbocycles. The topological polar surface area (TPSA) is 72.8 Å². The van der Waals surface area contributed by atoms with Gasteiger partial charge in [-0.2, -0.15) is 0 Å². The number of hydrogen-bond donors (Lipinski definition) is 1. The summed E-state index contributed by atoms with van der Waals surface area (Å²) >= 11 is 1.50. The average Bonchev–Trinajstić information content (AvgIpc) is 3.02. The number of methoxy groups -OCH3 is 2. The third-order valence-electron chi connectivity index (χ3n) is 5.97. The zero-order valence-corrected chi connectivity index (χ0v) is 20.0. The number of nitrogens with one attached hydrogen (secondary N) is 1. The Morgan fingerprint density at radius 3 is 2.70 bits per heavy atom. The summed E-state index contributed by atoms with van der Waals surface area (Å²) in [5.74, 6) is 0.758. The van der Waals surface area contributed by atoms with Crippen molar-refractivity contribution in [1.82, 2.24) is 14.8 Å². The molecule has 0 aliphatic carbocycles. The number of amides is 2. The Kier molecular flexibility index (Phi) is 7.25. The highest BCUT2D eigenvalue weighted by Crippen LogP contribution is 2.41. The fourth-order valence-corrected chi connectivity index (χ4v) is 5.48. The zero-order valence-electron chi connectivity index (χ0n) is 19.2. The van der Waals surface area contributed by atoms with Crippen LogP contribution in [0.5, 0.6) is 5.75 Å². The molecule has 1 unspecified atom stereocenters. The molecule has 3 aromatic rings. The van der Waals surface area contributed by atoms with Crippen LogP contribution in [0, 0.1) is 0 Å². The van der Waals surface area contributed by atoms with Gasteiger partial charge in [-0.15, -0.1) is 0 Å². The zero-order chi connectivity index (χ0) is 23.4. The number of fused-ring (bicyclic) bond motifs is 3. The predicted octanol–water partition coefficient (Wildman–Crippen LogP) is 3.52. The van der Waals surface area contributed by atoms with Crippen molar-refractivity contribution in [3.05, 3.63) is 59.7 Å². The quantitative estimate of drug-likeness (QED) is 0.513. The maximum atomic E-state index is 13.7. The lowest BCUT2D eigenvalue weighted by molar-refractivity contribution is -0.139. The summed E-state index contributed by atoms with van der Waals surface area (Å²) < 4.78 is 12.7. The highest BCUT2D eigenvalue weighted by atomic mass is 32.2. The molecule has 1 N–H and O–H groups in total. The van der Waals surface area contributed by atoms with E-state index in [2.05, 4.69) is 9.88 Å². The Labute approximate surface area is 198 Å². The van der Waals surface area contributed by atoms with Crippen molar-refractivity contribution in [3.8, 4) is 5.75 Å². The maximum Gasteiger partial charge on any atom is 0.247 e. The smallest absolute Gasteiger partial charge is 0.247 e. The van der Waals surface area contributed by atoms with Crippen molar-refractivity contribution in [2.24, 2.45) is 7.05 Å². The molecule has 7 nitrogen and oxygen atoms in total. The molecule has 8 heteroatoms. The fourth-order valence-electron chi connectivity index (χ4n) is 4.38. The van der Waals surface area contributed by atoms with Crippen molar-refractivity contribution in [2.45, 2.75) is 24.0 Å². The van der Waals surface area contributed by atoms with Crippen LogP contribution in [-0.4, -0.2) is 54.4 Å². The van der Waals surface area contributed by atoms with E-state index in [4.69, 9.17) is 9.47 Å². The highest BCUT2D eigenvalue weighted by molar-refractivity contribution is 8.00. The van der Waals surface area contributed by atoms with Gasteiger partial charge >= 0.3 is 0 Å². The van der Waals surface area contributed by atoms with Crippen LogP contribution in [0.3, 0.4) is 0 Å². The summed E-state index contributed by atoms with van der Waals surface area (Å²) in [5.41, 5.74) is 2.81. The minimum Gasteiger partial charge on any atom is -0.496 e. The lowest BCUT2D eigenvalue weighted by atomic mass is 10.0. The number of hydrogen-bond acceptors (Lipinski definition) is 5. The minimum absolute atomic E-state index is 0.0474. The van der Waals surface area contributed by atoms with Crippen LogP contribution in [0.25, 0.3) is 10.9 Å². The largest absolute Gasteiger partial charge is 0.496 e. The molecular formula is C25H29N3O4S. The summed E-state index contributed by atoms with van der Waals surface area (Å²) in [4.78, 5) is 28.6. The van der Waals surface area contributed by atoms with Crippen LogP contribution in [0.15, 0.2) is 53.6 Å². The summed E-state index contributed by atoms with van der Waals surface area (Å²) in [5, 5.41) is 5.01. The molecule has 2 heterocycles. The SMILES string of the molecule is COCCCN1C(=O)CSc2c(c3ccccc3n2C)C1C(=O)NCc1ccccc1OC. The molecule has 0 radical (unpaired) electrons. The Morgan fingerprint density at radius 1 is 1.15 bits per heavy atom. The molecule has 33 heavy (non-hydrogen) atoms. The van der Waals surface area contributed by atoms with Crippen LogP contribution < -0.4 is 10.1 Å². The van der Waals surface area contributed by atoms with E-state index in [9.17, 15) is 9.59 Å². The molecule has 0 bridgehead atoms. The first-order valence-corrected chi connectivity index (χ1v) is 11.9. The molecular weight excluding hydrogens is 438 g/mol.